The molecule has 0 aliphatic heterocycles. The van der Waals surface area contributed by atoms with Crippen LogP contribution in [0.2, 0.25) is 0 Å². The topological polar surface area (TPSA) is 77.8 Å². The Morgan fingerprint density at radius 3 is 2.55 bits per heavy atom. The predicted octanol–water partition coefficient (Wildman–Crippen LogP) is 0.575. The fourth-order valence-electron chi connectivity index (χ4n) is 2.23. The largest absolute Gasteiger partial charge is 0.467 e. The maximum atomic E-state index is 12.4. The molecule has 6 nitrogen and oxygen atoms in total. The molecule has 0 spiro atoms. The number of aliphatic hydroxyl groups excluding tert-OH is 1. The van der Waals surface area contributed by atoms with Crippen molar-refractivity contribution < 1.29 is 19.5 Å². The van der Waals surface area contributed by atoms with Gasteiger partial charge in [-0.3, -0.25) is 4.79 Å². The zero-order valence-electron chi connectivity index (χ0n) is 11.4. The maximum Gasteiger partial charge on any atom is 0.339 e. The lowest BCUT2D eigenvalue weighted by atomic mass is 10.0. The summed E-state index contributed by atoms with van der Waals surface area (Å²) in [6, 6.07) is 6.81. The number of para-hydroxylation sites is 1. The van der Waals surface area contributed by atoms with Crippen LogP contribution in [0.25, 0.3) is 10.9 Å². The van der Waals surface area contributed by atoms with Crippen LogP contribution in [0.5, 0.6) is 0 Å². The summed E-state index contributed by atoms with van der Waals surface area (Å²) < 4.78 is 5.89. The van der Waals surface area contributed by atoms with Gasteiger partial charge in [0.25, 0.3) is 0 Å². The monoisotopic (exact) mass is 277 g/mol. The van der Waals surface area contributed by atoms with E-state index in [1.165, 1.54) is 11.8 Å². The van der Waals surface area contributed by atoms with Crippen LogP contribution in [-0.2, 0) is 9.53 Å². The van der Waals surface area contributed by atoms with E-state index in [0.717, 1.165) is 7.11 Å². The lowest BCUT2D eigenvalue weighted by Crippen LogP contribution is -2.27. The van der Waals surface area contributed by atoms with E-state index in [1.807, 2.05) is 0 Å². The molecule has 1 atom stereocenters. The number of aliphatic hydroxyl groups is 1. The summed E-state index contributed by atoms with van der Waals surface area (Å²) in [4.78, 5) is 29.2. The summed E-state index contributed by atoms with van der Waals surface area (Å²) in [5.41, 5.74) is 0.467. The third-order valence-electron chi connectivity index (χ3n) is 3.19. The molecule has 0 fully saturated rings. The van der Waals surface area contributed by atoms with Crippen molar-refractivity contribution in [1.82, 2.24) is 4.73 Å². The van der Waals surface area contributed by atoms with Gasteiger partial charge in [0.05, 0.1) is 23.9 Å². The summed E-state index contributed by atoms with van der Waals surface area (Å²) in [6.07, 6.45) is -1.64. The van der Waals surface area contributed by atoms with Gasteiger partial charge in [-0.1, -0.05) is 12.1 Å². The zero-order valence-corrected chi connectivity index (χ0v) is 11.4. The average molecular weight is 277 g/mol. The fraction of sp³-hybridized carbons (Fsp3) is 0.286. The normalized spacial score (nSPS) is 12.2. The van der Waals surface area contributed by atoms with Crippen molar-refractivity contribution in [3.8, 4) is 0 Å². The van der Waals surface area contributed by atoms with Crippen molar-refractivity contribution in [2.45, 2.75) is 13.0 Å². The second-order valence-electron chi connectivity index (χ2n) is 4.25. The quantitative estimate of drug-likeness (QED) is 0.830. The molecule has 2 aromatic rings. The Kier molecular flexibility index (Phi) is 3.76. The predicted molar refractivity (Wildman–Crippen MR) is 72.4 cm³/mol. The molecule has 0 aliphatic carbocycles. The molecule has 0 aliphatic rings. The van der Waals surface area contributed by atoms with Gasteiger partial charge >= 0.3 is 5.97 Å². The summed E-state index contributed by atoms with van der Waals surface area (Å²) in [7, 11) is 2.59. The number of ether oxygens (including phenoxy) is 1. The number of pyridine rings is 1. The van der Waals surface area contributed by atoms with E-state index in [9.17, 15) is 14.7 Å². The van der Waals surface area contributed by atoms with Crippen LogP contribution in [0.4, 0.5) is 0 Å². The van der Waals surface area contributed by atoms with Gasteiger partial charge in [0.2, 0.25) is 0 Å². The molecule has 20 heavy (non-hydrogen) atoms. The van der Waals surface area contributed by atoms with E-state index in [1.54, 1.807) is 31.2 Å². The second kappa shape index (κ2) is 5.34. The minimum absolute atomic E-state index is 0.0441. The zero-order chi connectivity index (χ0) is 14.9. The number of hydrogen-bond acceptors (Lipinski definition) is 5. The van der Waals surface area contributed by atoms with Crippen LogP contribution in [0.3, 0.4) is 0 Å². The first-order valence-electron chi connectivity index (χ1n) is 5.97. The van der Waals surface area contributed by atoms with Crippen molar-refractivity contribution in [1.29, 1.82) is 0 Å². The number of esters is 1. The first-order valence-corrected chi connectivity index (χ1v) is 5.97. The fourth-order valence-corrected chi connectivity index (χ4v) is 2.23. The molecule has 1 unspecified atom stereocenters. The van der Waals surface area contributed by atoms with Crippen LogP contribution < -0.4 is 10.3 Å². The Balaban J connectivity index is 2.85. The van der Waals surface area contributed by atoms with Crippen molar-refractivity contribution in [3.63, 3.8) is 0 Å². The van der Waals surface area contributed by atoms with Gasteiger partial charge in [-0.15, -0.1) is 0 Å². The molecular formula is C14H15NO5. The molecule has 1 heterocycles. The molecule has 1 N–H and O–H groups in total. The minimum Gasteiger partial charge on any atom is -0.467 e. The molecule has 0 saturated heterocycles. The lowest BCUT2D eigenvalue weighted by molar-refractivity contribution is -0.150. The van der Waals surface area contributed by atoms with Crippen LogP contribution in [0, 0.1) is 6.92 Å². The summed E-state index contributed by atoms with van der Waals surface area (Å²) in [5.74, 6) is -0.886. The molecule has 2 rings (SSSR count). The molecule has 6 heteroatoms. The molecule has 0 amide bonds. The van der Waals surface area contributed by atoms with Gasteiger partial charge in [-0.2, -0.15) is 4.73 Å². The number of aromatic nitrogens is 1. The number of hydrogen-bond donors (Lipinski definition) is 1. The molecule has 0 radical (unpaired) electrons. The summed E-state index contributed by atoms with van der Waals surface area (Å²) in [5, 5.41) is 10.3. The number of carbonyl (C=O) groups is 1. The van der Waals surface area contributed by atoms with E-state index in [4.69, 9.17) is 4.84 Å². The Morgan fingerprint density at radius 1 is 1.30 bits per heavy atom. The number of rotatable bonds is 3. The van der Waals surface area contributed by atoms with Gasteiger partial charge < -0.3 is 14.7 Å². The van der Waals surface area contributed by atoms with E-state index in [0.29, 0.717) is 16.6 Å². The third-order valence-corrected chi connectivity index (χ3v) is 3.19. The van der Waals surface area contributed by atoms with Gasteiger partial charge in [0, 0.05) is 5.39 Å². The number of methoxy groups -OCH3 is 1. The lowest BCUT2D eigenvalue weighted by Gasteiger charge is -2.18. The Bertz CT molecular complexity index is 719. The number of nitrogens with zero attached hydrogens (tertiary/aromatic N) is 1. The highest BCUT2D eigenvalue weighted by Crippen LogP contribution is 2.20. The average Bonchev–Trinajstić information content (AvgIpc) is 2.47. The molecule has 1 aromatic heterocycles. The van der Waals surface area contributed by atoms with E-state index < -0.39 is 17.5 Å². The van der Waals surface area contributed by atoms with Gasteiger partial charge in [0.1, 0.15) is 7.11 Å². The van der Waals surface area contributed by atoms with Gasteiger partial charge in [-0.25, -0.2) is 4.79 Å². The Morgan fingerprint density at radius 2 is 1.95 bits per heavy atom. The third kappa shape index (κ3) is 2.04. The number of carbonyl (C=O) groups excluding carboxylic acids is 1. The SMILES string of the molecule is COC(=O)C(O)c1c(C)n(OC)c2ccccc2c1=O. The second-order valence-corrected chi connectivity index (χ2v) is 4.25. The first-order chi connectivity index (χ1) is 9.52. The van der Waals surface area contributed by atoms with Crippen LogP contribution in [0.15, 0.2) is 29.1 Å². The summed E-state index contributed by atoms with van der Waals surface area (Å²) >= 11 is 0. The highest BCUT2D eigenvalue weighted by Gasteiger charge is 2.26. The molecule has 0 bridgehead atoms. The van der Waals surface area contributed by atoms with Crippen LogP contribution in [0.1, 0.15) is 17.4 Å². The highest BCUT2D eigenvalue weighted by molar-refractivity contribution is 5.83. The Labute approximate surface area is 115 Å². The first kappa shape index (κ1) is 14.1. The van der Waals surface area contributed by atoms with Crippen molar-refractivity contribution in [3.05, 3.63) is 45.7 Å². The minimum atomic E-state index is -1.64. The highest BCUT2D eigenvalue weighted by atomic mass is 16.6. The standard InChI is InChI=1S/C14H15NO5/c1-8-11(13(17)14(18)19-2)12(16)9-6-4-5-7-10(9)15(8)20-3/h4-7,13,17H,1-3H3. The van der Waals surface area contributed by atoms with Crippen molar-refractivity contribution >= 4 is 16.9 Å². The van der Waals surface area contributed by atoms with E-state index in [2.05, 4.69) is 4.74 Å². The molecule has 0 saturated carbocycles. The van der Waals surface area contributed by atoms with Gasteiger partial charge in [-0.05, 0) is 19.1 Å². The van der Waals surface area contributed by atoms with Crippen molar-refractivity contribution in [2.24, 2.45) is 0 Å². The summed E-state index contributed by atoms with van der Waals surface area (Å²) in [6.45, 7) is 1.60. The van der Waals surface area contributed by atoms with Crippen molar-refractivity contribution in [2.75, 3.05) is 14.2 Å². The molecule has 106 valence electrons. The maximum absolute atomic E-state index is 12.4. The Hall–Kier alpha value is -2.34. The van der Waals surface area contributed by atoms with Gasteiger partial charge in [0.15, 0.2) is 11.5 Å². The van der Waals surface area contributed by atoms with E-state index in [-0.39, 0.29) is 5.56 Å². The molecular weight excluding hydrogens is 262 g/mol. The van der Waals surface area contributed by atoms with Crippen LogP contribution in [-0.4, -0.2) is 30.0 Å². The number of benzene rings is 1. The van der Waals surface area contributed by atoms with E-state index >= 15 is 0 Å². The molecule has 1 aromatic carbocycles. The van der Waals surface area contributed by atoms with Crippen LogP contribution >= 0.6 is 0 Å². The smallest absolute Gasteiger partial charge is 0.339 e. The number of fused-ring (bicyclic) bond motifs is 1.